The van der Waals surface area contributed by atoms with Crippen molar-refractivity contribution in [1.82, 2.24) is 19.9 Å². The highest BCUT2D eigenvalue weighted by Crippen LogP contribution is 2.32. The molecule has 0 saturated carbocycles. The van der Waals surface area contributed by atoms with E-state index in [2.05, 4.69) is 27.1 Å². The van der Waals surface area contributed by atoms with Gasteiger partial charge < -0.3 is 14.5 Å². The number of piperazine rings is 1. The first-order valence-corrected chi connectivity index (χ1v) is 12.3. The summed E-state index contributed by atoms with van der Waals surface area (Å²) in [5.41, 5.74) is 3.82. The summed E-state index contributed by atoms with van der Waals surface area (Å²) in [6, 6.07) is 2.22. The van der Waals surface area contributed by atoms with Crippen LogP contribution < -0.4 is 9.80 Å². The normalized spacial score (nSPS) is 19.9. The highest BCUT2D eigenvalue weighted by molar-refractivity contribution is 7.98. The molecule has 2 fully saturated rings. The standard InChI is InChI=1S/C22H30N6OS/c1-15-23-18-5-3-4-17(18)21(24-15)28-10-8-27(9-11-28)20-14-19(25-22(26-20)30-2)16-6-12-29-13-7-16/h14,16H,3-13H2,1-2H3. The molecular formula is C22H30N6OS. The van der Waals surface area contributed by atoms with Crippen LogP contribution in [0.2, 0.25) is 0 Å². The predicted molar refractivity (Wildman–Crippen MR) is 120 cm³/mol. The molecule has 0 aromatic carbocycles. The third kappa shape index (κ3) is 3.99. The zero-order valence-corrected chi connectivity index (χ0v) is 18.7. The Hall–Kier alpha value is -1.93. The highest BCUT2D eigenvalue weighted by Gasteiger charge is 2.27. The minimum Gasteiger partial charge on any atom is -0.381 e. The molecule has 2 saturated heterocycles. The molecule has 7 nitrogen and oxygen atoms in total. The van der Waals surface area contributed by atoms with Gasteiger partial charge in [0.1, 0.15) is 17.5 Å². The van der Waals surface area contributed by atoms with Gasteiger partial charge in [0.2, 0.25) is 0 Å². The van der Waals surface area contributed by atoms with E-state index in [9.17, 15) is 0 Å². The van der Waals surface area contributed by atoms with Gasteiger partial charge in [0.05, 0.1) is 5.69 Å². The van der Waals surface area contributed by atoms with Crippen LogP contribution in [-0.4, -0.2) is 65.6 Å². The van der Waals surface area contributed by atoms with E-state index >= 15 is 0 Å². The minimum absolute atomic E-state index is 0.485. The summed E-state index contributed by atoms with van der Waals surface area (Å²) in [6.07, 6.45) is 7.57. The molecule has 0 unspecified atom stereocenters. The fourth-order valence-electron chi connectivity index (χ4n) is 4.83. The number of thioether (sulfide) groups is 1. The third-order valence-electron chi connectivity index (χ3n) is 6.46. The molecule has 0 radical (unpaired) electrons. The van der Waals surface area contributed by atoms with E-state index in [1.54, 1.807) is 11.8 Å². The van der Waals surface area contributed by atoms with Crippen LogP contribution in [0.5, 0.6) is 0 Å². The Bertz CT molecular complexity index is 909. The van der Waals surface area contributed by atoms with E-state index in [1.165, 1.54) is 29.2 Å². The van der Waals surface area contributed by atoms with E-state index in [-0.39, 0.29) is 0 Å². The first-order valence-electron chi connectivity index (χ1n) is 11.1. The van der Waals surface area contributed by atoms with Crippen LogP contribution in [0.4, 0.5) is 11.6 Å². The van der Waals surface area contributed by atoms with Crippen LogP contribution in [0.3, 0.4) is 0 Å². The van der Waals surface area contributed by atoms with Gasteiger partial charge in [0, 0.05) is 62.6 Å². The molecule has 8 heteroatoms. The van der Waals surface area contributed by atoms with E-state index in [4.69, 9.17) is 19.7 Å². The van der Waals surface area contributed by atoms with E-state index < -0.39 is 0 Å². The van der Waals surface area contributed by atoms with Gasteiger partial charge in [0.15, 0.2) is 5.16 Å². The Balaban J connectivity index is 1.33. The smallest absolute Gasteiger partial charge is 0.189 e. The maximum atomic E-state index is 5.54. The number of aromatic nitrogens is 4. The van der Waals surface area contributed by atoms with Crippen LogP contribution in [0, 0.1) is 6.92 Å². The van der Waals surface area contributed by atoms with E-state index in [0.29, 0.717) is 5.92 Å². The summed E-state index contributed by atoms with van der Waals surface area (Å²) < 4.78 is 5.54. The second kappa shape index (κ2) is 8.67. The maximum Gasteiger partial charge on any atom is 0.189 e. The van der Waals surface area contributed by atoms with Gasteiger partial charge in [-0.05, 0) is 45.3 Å². The molecular weight excluding hydrogens is 396 g/mol. The molecule has 2 aromatic rings. The number of anilines is 2. The summed E-state index contributed by atoms with van der Waals surface area (Å²) in [6.45, 7) is 7.52. The number of aryl methyl sites for hydroxylation is 2. The summed E-state index contributed by atoms with van der Waals surface area (Å²) in [7, 11) is 0. The van der Waals surface area contributed by atoms with Crippen molar-refractivity contribution in [3.05, 3.63) is 28.8 Å². The average molecular weight is 427 g/mol. The number of rotatable bonds is 4. The van der Waals surface area contributed by atoms with Gasteiger partial charge >= 0.3 is 0 Å². The molecule has 0 spiro atoms. The maximum absolute atomic E-state index is 5.54. The Morgan fingerprint density at radius 2 is 1.73 bits per heavy atom. The third-order valence-corrected chi connectivity index (χ3v) is 7.01. The second-order valence-electron chi connectivity index (χ2n) is 8.37. The summed E-state index contributed by atoms with van der Waals surface area (Å²) in [5.74, 6) is 3.62. The van der Waals surface area contributed by atoms with E-state index in [0.717, 1.165) is 81.9 Å². The lowest BCUT2D eigenvalue weighted by atomic mass is 9.96. The van der Waals surface area contributed by atoms with Gasteiger partial charge in [-0.3, -0.25) is 0 Å². The fraction of sp³-hybridized carbons (Fsp3) is 0.636. The van der Waals surface area contributed by atoms with Gasteiger partial charge in [-0.1, -0.05) is 11.8 Å². The summed E-state index contributed by atoms with van der Waals surface area (Å²) in [5, 5.41) is 0.876. The van der Waals surface area contributed by atoms with Crippen LogP contribution in [0.25, 0.3) is 0 Å². The number of fused-ring (bicyclic) bond motifs is 1. The molecule has 4 heterocycles. The van der Waals surface area contributed by atoms with Crippen molar-refractivity contribution in [2.75, 3.05) is 55.4 Å². The molecule has 30 heavy (non-hydrogen) atoms. The predicted octanol–water partition coefficient (Wildman–Crippen LogP) is 3.01. The van der Waals surface area contributed by atoms with Gasteiger partial charge in [-0.2, -0.15) is 0 Å². The van der Waals surface area contributed by atoms with Crippen molar-refractivity contribution in [1.29, 1.82) is 0 Å². The lowest BCUT2D eigenvalue weighted by Gasteiger charge is -2.37. The van der Waals surface area contributed by atoms with Crippen molar-refractivity contribution in [3.63, 3.8) is 0 Å². The monoisotopic (exact) mass is 426 g/mol. The first kappa shape index (κ1) is 20.0. The molecule has 3 aliphatic rings. The first-order chi connectivity index (χ1) is 14.7. The van der Waals surface area contributed by atoms with Crippen molar-refractivity contribution in [3.8, 4) is 0 Å². The van der Waals surface area contributed by atoms with Gasteiger partial charge in [0.25, 0.3) is 0 Å². The number of nitrogens with zero attached hydrogens (tertiary/aromatic N) is 6. The van der Waals surface area contributed by atoms with Crippen molar-refractivity contribution < 1.29 is 4.74 Å². The van der Waals surface area contributed by atoms with Crippen molar-refractivity contribution in [2.24, 2.45) is 0 Å². The number of hydrogen-bond acceptors (Lipinski definition) is 8. The van der Waals surface area contributed by atoms with E-state index in [1.807, 2.05) is 6.92 Å². The Morgan fingerprint density at radius 1 is 0.967 bits per heavy atom. The molecule has 0 amide bonds. The van der Waals surface area contributed by atoms with Crippen LogP contribution in [0.1, 0.15) is 48.0 Å². The quantitative estimate of drug-likeness (QED) is 0.546. The second-order valence-corrected chi connectivity index (χ2v) is 9.15. The Labute approximate surface area is 182 Å². The molecule has 0 bridgehead atoms. The number of ether oxygens (including phenoxy) is 1. The largest absolute Gasteiger partial charge is 0.381 e. The highest BCUT2D eigenvalue weighted by atomic mass is 32.2. The topological polar surface area (TPSA) is 67.3 Å². The zero-order chi connectivity index (χ0) is 20.5. The van der Waals surface area contributed by atoms with Gasteiger partial charge in [-0.15, -0.1) is 0 Å². The molecule has 2 aromatic heterocycles. The van der Waals surface area contributed by atoms with Crippen LogP contribution in [0.15, 0.2) is 11.2 Å². The Kier molecular flexibility index (Phi) is 5.78. The summed E-state index contributed by atoms with van der Waals surface area (Å²) >= 11 is 1.63. The number of hydrogen-bond donors (Lipinski definition) is 0. The summed E-state index contributed by atoms with van der Waals surface area (Å²) in [4.78, 5) is 24.0. The Morgan fingerprint density at radius 3 is 2.50 bits per heavy atom. The zero-order valence-electron chi connectivity index (χ0n) is 17.9. The SMILES string of the molecule is CSc1nc(C2CCOCC2)cc(N2CCN(c3nc(C)nc4c3CCC4)CC2)n1. The lowest BCUT2D eigenvalue weighted by Crippen LogP contribution is -2.47. The molecule has 2 aliphatic heterocycles. The molecule has 5 rings (SSSR count). The minimum atomic E-state index is 0.485. The van der Waals surface area contributed by atoms with Crippen LogP contribution >= 0.6 is 11.8 Å². The van der Waals surface area contributed by atoms with Crippen molar-refractivity contribution in [2.45, 2.75) is 50.1 Å². The molecule has 0 atom stereocenters. The fourth-order valence-corrected chi connectivity index (χ4v) is 5.21. The molecule has 160 valence electrons. The lowest BCUT2D eigenvalue weighted by molar-refractivity contribution is 0.0843. The molecule has 0 N–H and O–H groups in total. The van der Waals surface area contributed by atoms with Crippen molar-refractivity contribution >= 4 is 23.4 Å². The van der Waals surface area contributed by atoms with Gasteiger partial charge in [-0.25, -0.2) is 19.9 Å². The molecule has 1 aliphatic carbocycles. The van der Waals surface area contributed by atoms with Crippen LogP contribution in [-0.2, 0) is 17.6 Å². The average Bonchev–Trinajstić information content (AvgIpc) is 3.27.